The zero-order valence-electron chi connectivity index (χ0n) is 10.8. The number of nitrogens with zero attached hydrogens (tertiary/aromatic N) is 2. The molecule has 1 aliphatic heterocycles. The van der Waals surface area contributed by atoms with Crippen molar-refractivity contribution < 1.29 is 5.11 Å². The topological polar surface area (TPSA) is 26.7 Å². The summed E-state index contributed by atoms with van der Waals surface area (Å²) in [5.74, 6) is 0. The quantitative estimate of drug-likeness (QED) is 0.764. The maximum atomic E-state index is 9.40. The molecular formula is C12H26N2O. The van der Waals surface area contributed by atoms with Gasteiger partial charge in [-0.3, -0.25) is 9.80 Å². The Kier molecular flexibility index (Phi) is 4.15. The second kappa shape index (κ2) is 4.81. The molecule has 0 radical (unpaired) electrons. The Morgan fingerprint density at radius 3 is 2.53 bits per heavy atom. The minimum atomic E-state index is 0.162. The molecule has 0 aromatic rings. The monoisotopic (exact) mass is 214 g/mol. The van der Waals surface area contributed by atoms with Crippen molar-refractivity contribution in [2.24, 2.45) is 0 Å². The standard InChI is InChI=1S/C12H26N2O/c1-6-10(2)14-7-11(8-15)13(5)12(3,4)9-14/h10-11,15H,6-9H2,1-5H3. The summed E-state index contributed by atoms with van der Waals surface area (Å²) in [5, 5.41) is 9.40. The van der Waals surface area contributed by atoms with E-state index in [9.17, 15) is 5.11 Å². The van der Waals surface area contributed by atoms with Gasteiger partial charge in [-0.25, -0.2) is 0 Å². The summed E-state index contributed by atoms with van der Waals surface area (Å²) in [5.41, 5.74) is 0.162. The number of hydrogen-bond acceptors (Lipinski definition) is 3. The van der Waals surface area contributed by atoms with Crippen LogP contribution < -0.4 is 0 Å². The summed E-state index contributed by atoms with van der Waals surface area (Å²) >= 11 is 0. The molecule has 2 unspecified atom stereocenters. The Balaban J connectivity index is 2.73. The van der Waals surface area contributed by atoms with Crippen LogP contribution in [-0.2, 0) is 0 Å². The van der Waals surface area contributed by atoms with Gasteiger partial charge in [-0.1, -0.05) is 6.92 Å². The van der Waals surface area contributed by atoms with Gasteiger partial charge in [0.15, 0.2) is 0 Å². The molecule has 1 heterocycles. The van der Waals surface area contributed by atoms with Crippen molar-refractivity contribution >= 4 is 0 Å². The van der Waals surface area contributed by atoms with Crippen LogP contribution in [0.1, 0.15) is 34.1 Å². The molecule has 15 heavy (non-hydrogen) atoms. The lowest BCUT2D eigenvalue weighted by atomic mass is 9.94. The molecular weight excluding hydrogens is 188 g/mol. The fourth-order valence-electron chi connectivity index (χ4n) is 2.33. The number of aliphatic hydroxyl groups excluding tert-OH is 1. The predicted molar refractivity (Wildman–Crippen MR) is 64.0 cm³/mol. The third kappa shape index (κ3) is 2.71. The van der Waals surface area contributed by atoms with Gasteiger partial charge < -0.3 is 5.11 Å². The molecule has 0 aliphatic carbocycles. The van der Waals surface area contributed by atoms with Gasteiger partial charge in [0.05, 0.1) is 6.61 Å². The van der Waals surface area contributed by atoms with E-state index in [1.165, 1.54) is 6.42 Å². The molecule has 0 aromatic heterocycles. The van der Waals surface area contributed by atoms with Gasteiger partial charge in [0.25, 0.3) is 0 Å². The van der Waals surface area contributed by atoms with Gasteiger partial charge in [0.1, 0.15) is 0 Å². The SMILES string of the molecule is CCC(C)N1CC(CO)N(C)C(C)(C)C1. The first-order valence-corrected chi connectivity index (χ1v) is 6.00. The third-order valence-corrected chi connectivity index (χ3v) is 3.96. The number of aliphatic hydroxyl groups is 1. The highest BCUT2D eigenvalue weighted by molar-refractivity contribution is 4.94. The van der Waals surface area contributed by atoms with Gasteiger partial charge in [-0.15, -0.1) is 0 Å². The lowest BCUT2D eigenvalue weighted by Gasteiger charge is -2.51. The number of hydrogen-bond donors (Lipinski definition) is 1. The maximum Gasteiger partial charge on any atom is 0.0599 e. The van der Waals surface area contributed by atoms with Crippen molar-refractivity contribution in [3.8, 4) is 0 Å². The van der Waals surface area contributed by atoms with E-state index in [4.69, 9.17) is 0 Å². The van der Waals surface area contributed by atoms with E-state index in [1.54, 1.807) is 0 Å². The maximum absolute atomic E-state index is 9.40. The fourth-order valence-corrected chi connectivity index (χ4v) is 2.33. The second-order valence-corrected chi connectivity index (χ2v) is 5.45. The van der Waals surface area contributed by atoms with Gasteiger partial charge in [-0.2, -0.15) is 0 Å². The first kappa shape index (κ1) is 12.9. The first-order chi connectivity index (χ1) is 6.92. The van der Waals surface area contributed by atoms with E-state index in [2.05, 4.69) is 44.5 Å². The average Bonchev–Trinajstić information content (AvgIpc) is 2.20. The fraction of sp³-hybridized carbons (Fsp3) is 1.00. The Bertz CT molecular complexity index is 206. The Morgan fingerprint density at radius 1 is 1.47 bits per heavy atom. The van der Waals surface area contributed by atoms with Crippen molar-refractivity contribution in [2.45, 2.75) is 51.7 Å². The highest BCUT2D eigenvalue weighted by Crippen LogP contribution is 2.25. The van der Waals surface area contributed by atoms with E-state index in [1.807, 2.05) is 0 Å². The molecule has 1 rings (SSSR count). The molecule has 1 aliphatic rings. The van der Waals surface area contributed by atoms with Crippen molar-refractivity contribution in [1.82, 2.24) is 9.80 Å². The van der Waals surface area contributed by atoms with Crippen molar-refractivity contribution in [2.75, 3.05) is 26.7 Å². The van der Waals surface area contributed by atoms with E-state index < -0.39 is 0 Å². The average molecular weight is 214 g/mol. The van der Waals surface area contributed by atoms with Crippen LogP contribution in [0.4, 0.5) is 0 Å². The van der Waals surface area contributed by atoms with Crippen LogP contribution in [0.3, 0.4) is 0 Å². The normalized spacial score (nSPS) is 30.4. The summed E-state index contributed by atoms with van der Waals surface area (Å²) in [6, 6.07) is 0.898. The molecule has 3 heteroatoms. The molecule has 0 saturated carbocycles. The van der Waals surface area contributed by atoms with E-state index in [0.29, 0.717) is 6.04 Å². The Labute approximate surface area is 94.1 Å². The van der Waals surface area contributed by atoms with Crippen LogP contribution in [0, 0.1) is 0 Å². The van der Waals surface area contributed by atoms with E-state index in [0.717, 1.165) is 13.1 Å². The van der Waals surface area contributed by atoms with Crippen LogP contribution in [0.25, 0.3) is 0 Å². The zero-order chi connectivity index (χ0) is 11.6. The molecule has 1 saturated heterocycles. The molecule has 0 spiro atoms. The predicted octanol–water partition coefficient (Wildman–Crippen LogP) is 1.17. The molecule has 1 fully saturated rings. The Hall–Kier alpha value is -0.120. The molecule has 2 atom stereocenters. The molecule has 3 nitrogen and oxygen atoms in total. The first-order valence-electron chi connectivity index (χ1n) is 6.00. The lowest BCUT2D eigenvalue weighted by Crippen LogP contribution is -2.64. The van der Waals surface area contributed by atoms with Gasteiger partial charge >= 0.3 is 0 Å². The summed E-state index contributed by atoms with van der Waals surface area (Å²) in [6.07, 6.45) is 1.18. The van der Waals surface area contributed by atoms with Crippen molar-refractivity contribution in [3.63, 3.8) is 0 Å². The number of rotatable bonds is 3. The largest absolute Gasteiger partial charge is 0.395 e. The lowest BCUT2D eigenvalue weighted by molar-refractivity contribution is -0.0402. The molecule has 0 bridgehead atoms. The van der Waals surface area contributed by atoms with Crippen LogP contribution in [0.15, 0.2) is 0 Å². The molecule has 0 aromatic carbocycles. The Morgan fingerprint density at radius 2 is 2.07 bits per heavy atom. The minimum Gasteiger partial charge on any atom is -0.395 e. The second-order valence-electron chi connectivity index (χ2n) is 5.45. The van der Waals surface area contributed by atoms with Gasteiger partial charge in [0.2, 0.25) is 0 Å². The van der Waals surface area contributed by atoms with Crippen LogP contribution in [0.5, 0.6) is 0 Å². The highest BCUT2D eigenvalue weighted by Gasteiger charge is 2.38. The summed E-state index contributed by atoms with van der Waals surface area (Å²) < 4.78 is 0. The van der Waals surface area contributed by atoms with E-state index in [-0.39, 0.29) is 18.2 Å². The summed E-state index contributed by atoms with van der Waals surface area (Å²) in [4.78, 5) is 4.81. The number of piperazine rings is 1. The third-order valence-electron chi connectivity index (χ3n) is 3.96. The van der Waals surface area contributed by atoms with Crippen molar-refractivity contribution in [3.05, 3.63) is 0 Å². The zero-order valence-corrected chi connectivity index (χ0v) is 10.8. The van der Waals surface area contributed by atoms with Crippen LogP contribution >= 0.6 is 0 Å². The minimum absolute atomic E-state index is 0.162. The summed E-state index contributed by atoms with van der Waals surface area (Å²) in [7, 11) is 2.12. The molecule has 90 valence electrons. The van der Waals surface area contributed by atoms with Gasteiger partial charge in [0, 0.05) is 30.7 Å². The smallest absolute Gasteiger partial charge is 0.0599 e. The molecule has 1 N–H and O–H groups in total. The number of likely N-dealkylation sites (N-methyl/N-ethyl adjacent to an activating group) is 1. The summed E-state index contributed by atoms with van der Waals surface area (Å²) in [6.45, 7) is 11.3. The van der Waals surface area contributed by atoms with Crippen LogP contribution in [-0.4, -0.2) is 59.3 Å². The van der Waals surface area contributed by atoms with Crippen molar-refractivity contribution in [1.29, 1.82) is 0 Å². The van der Waals surface area contributed by atoms with E-state index >= 15 is 0 Å². The van der Waals surface area contributed by atoms with Crippen LogP contribution in [0.2, 0.25) is 0 Å². The van der Waals surface area contributed by atoms with Gasteiger partial charge in [-0.05, 0) is 34.2 Å². The molecule has 0 amide bonds. The highest BCUT2D eigenvalue weighted by atomic mass is 16.3.